The summed E-state index contributed by atoms with van der Waals surface area (Å²) in [7, 11) is 0. The number of esters is 1. The van der Waals surface area contributed by atoms with Gasteiger partial charge in [-0.15, -0.1) is 0 Å². The Morgan fingerprint density at radius 3 is 2.48 bits per heavy atom. The van der Waals surface area contributed by atoms with Crippen molar-refractivity contribution in [2.45, 2.75) is 26.4 Å². The highest BCUT2D eigenvalue weighted by Gasteiger charge is 2.29. The molecule has 0 saturated heterocycles. The van der Waals surface area contributed by atoms with E-state index >= 15 is 0 Å². The zero-order chi connectivity index (χ0) is 28.1. The first kappa shape index (κ1) is 26.6. The van der Waals surface area contributed by atoms with Crippen molar-refractivity contribution in [3.05, 3.63) is 107 Å². The highest BCUT2D eigenvalue weighted by molar-refractivity contribution is 6.45. The Bertz CT molecular complexity index is 1620. The fourth-order valence-corrected chi connectivity index (χ4v) is 4.88. The van der Waals surface area contributed by atoms with E-state index < -0.39 is 17.7 Å². The minimum Gasteiger partial charge on any atom is -0.465 e. The molecule has 3 aromatic carbocycles. The van der Waals surface area contributed by atoms with Crippen LogP contribution in [-0.2, 0) is 38.6 Å². The Labute approximate surface area is 231 Å². The van der Waals surface area contributed by atoms with Gasteiger partial charge in [0.2, 0.25) is 5.91 Å². The van der Waals surface area contributed by atoms with E-state index in [0.717, 1.165) is 11.1 Å². The van der Waals surface area contributed by atoms with Crippen LogP contribution in [0.5, 0.6) is 0 Å². The van der Waals surface area contributed by atoms with E-state index in [1.54, 1.807) is 40.7 Å². The maximum absolute atomic E-state index is 13.6. The number of ether oxygens (including phenoxy) is 1. The molecule has 40 heavy (non-hydrogen) atoms. The average Bonchev–Trinajstić information content (AvgIpc) is 3.32. The van der Waals surface area contributed by atoms with Gasteiger partial charge in [0, 0.05) is 42.0 Å². The molecule has 1 aliphatic rings. The Morgan fingerprint density at radius 2 is 1.70 bits per heavy atom. The molecular weight excluding hydrogens is 506 g/mol. The first-order valence-corrected chi connectivity index (χ1v) is 13.2. The van der Waals surface area contributed by atoms with Crippen LogP contribution >= 0.6 is 0 Å². The largest absolute Gasteiger partial charge is 0.465 e. The van der Waals surface area contributed by atoms with Crippen molar-refractivity contribution in [1.29, 1.82) is 0 Å². The molecule has 2 heterocycles. The van der Waals surface area contributed by atoms with Crippen molar-refractivity contribution in [3.8, 4) is 0 Å². The molecule has 0 spiro atoms. The number of amides is 2. The SMILES string of the molecule is CCOC(=O)Cn1cc(C(=O)C(=O)N2CCc3ccccc3C2)c2cc(NC(=O)/C=C/c3ccccc3)ccc21. The van der Waals surface area contributed by atoms with E-state index in [0.29, 0.717) is 36.1 Å². The van der Waals surface area contributed by atoms with Crippen molar-refractivity contribution in [3.63, 3.8) is 0 Å². The molecule has 4 aromatic rings. The molecule has 0 fully saturated rings. The van der Waals surface area contributed by atoms with Crippen LogP contribution in [0.4, 0.5) is 5.69 Å². The molecule has 0 radical (unpaired) electrons. The number of hydrogen-bond donors (Lipinski definition) is 1. The number of nitrogens with zero attached hydrogens (tertiary/aromatic N) is 2. The van der Waals surface area contributed by atoms with E-state index in [1.807, 2.05) is 54.6 Å². The van der Waals surface area contributed by atoms with Crippen molar-refractivity contribution >= 4 is 46.2 Å². The molecule has 8 nitrogen and oxygen atoms in total. The molecule has 0 saturated carbocycles. The molecule has 202 valence electrons. The third kappa shape index (κ3) is 5.86. The highest BCUT2D eigenvalue weighted by atomic mass is 16.5. The lowest BCUT2D eigenvalue weighted by Gasteiger charge is -2.28. The number of carbonyl (C=O) groups excluding carboxylic acids is 4. The first-order valence-electron chi connectivity index (χ1n) is 13.2. The van der Waals surface area contributed by atoms with Gasteiger partial charge in [0.05, 0.1) is 12.2 Å². The van der Waals surface area contributed by atoms with E-state index in [4.69, 9.17) is 4.74 Å². The number of nitrogens with one attached hydrogen (secondary N) is 1. The lowest BCUT2D eigenvalue weighted by atomic mass is 9.99. The van der Waals surface area contributed by atoms with Crippen LogP contribution in [0.2, 0.25) is 0 Å². The molecule has 0 unspecified atom stereocenters. The molecule has 1 aliphatic heterocycles. The van der Waals surface area contributed by atoms with Gasteiger partial charge in [-0.05, 0) is 54.3 Å². The minimum absolute atomic E-state index is 0.117. The topological polar surface area (TPSA) is 97.7 Å². The van der Waals surface area contributed by atoms with Crippen molar-refractivity contribution in [2.24, 2.45) is 0 Å². The van der Waals surface area contributed by atoms with Gasteiger partial charge in [-0.2, -0.15) is 0 Å². The number of anilines is 1. The molecule has 1 N–H and O–H groups in total. The maximum Gasteiger partial charge on any atom is 0.325 e. The Hall–Kier alpha value is -4.98. The van der Waals surface area contributed by atoms with E-state index in [-0.39, 0.29) is 24.6 Å². The number of benzene rings is 3. The van der Waals surface area contributed by atoms with Crippen LogP contribution in [0.1, 0.15) is 34.0 Å². The predicted octanol–water partition coefficient (Wildman–Crippen LogP) is 4.62. The molecule has 8 heteroatoms. The summed E-state index contributed by atoms with van der Waals surface area (Å²) in [5, 5.41) is 3.27. The maximum atomic E-state index is 13.6. The highest BCUT2D eigenvalue weighted by Crippen LogP contribution is 2.27. The standard InChI is InChI=1S/C32H29N3O5/c1-2-40-30(37)21-35-20-27(31(38)32(39)34-17-16-23-10-6-7-11-24(23)19-34)26-18-25(13-14-28(26)35)33-29(36)15-12-22-8-4-3-5-9-22/h3-15,18,20H,2,16-17,19,21H2,1H3,(H,33,36)/b15-12+. The summed E-state index contributed by atoms with van der Waals surface area (Å²) in [6.45, 7) is 2.63. The van der Waals surface area contributed by atoms with Gasteiger partial charge in [0.15, 0.2) is 0 Å². The van der Waals surface area contributed by atoms with Crippen molar-refractivity contribution < 1.29 is 23.9 Å². The number of aromatic nitrogens is 1. The zero-order valence-electron chi connectivity index (χ0n) is 22.1. The van der Waals surface area contributed by atoms with Gasteiger partial charge in [-0.1, -0.05) is 54.6 Å². The molecule has 5 rings (SSSR count). The second-order valence-electron chi connectivity index (χ2n) is 9.52. The molecule has 0 bridgehead atoms. The Balaban J connectivity index is 1.43. The first-order chi connectivity index (χ1) is 19.4. The summed E-state index contributed by atoms with van der Waals surface area (Å²) in [6, 6.07) is 22.4. The van der Waals surface area contributed by atoms with Gasteiger partial charge >= 0.3 is 5.97 Å². The number of carbonyl (C=O) groups is 4. The molecule has 2 amide bonds. The van der Waals surface area contributed by atoms with Crippen LogP contribution in [0.25, 0.3) is 17.0 Å². The van der Waals surface area contributed by atoms with Crippen molar-refractivity contribution in [2.75, 3.05) is 18.5 Å². The third-order valence-electron chi connectivity index (χ3n) is 6.84. The number of Topliss-reactive ketones (excluding diaryl/α,β-unsaturated/α-hetero) is 1. The van der Waals surface area contributed by atoms with Crippen molar-refractivity contribution in [1.82, 2.24) is 9.47 Å². The predicted molar refractivity (Wildman–Crippen MR) is 153 cm³/mol. The second kappa shape index (κ2) is 11.8. The molecule has 1 aromatic heterocycles. The second-order valence-corrected chi connectivity index (χ2v) is 9.52. The third-order valence-corrected chi connectivity index (χ3v) is 6.84. The van der Waals surface area contributed by atoms with Crippen LogP contribution in [0, 0.1) is 0 Å². The summed E-state index contributed by atoms with van der Waals surface area (Å²) in [5.74, 6) is -2.07. The van der Waals surface area contributed by atoms with Gasteiger partial charge in [0.25, 0.3) is 11.7 Å². The normalized spacial score (nSPS) is 12.8. The zero-order valence-corrected chi connectivity index (χ0v) is 22.1. The summed E-state index contributed by atoms with van der Waals surface area (Å²) in [6.07, 6.45) is 5.32. The monoisotopic (exact) mass is 535 g/mol. The van der Waals surface area contributed by atoms with Crippen LogP contribution in [-0.4, -0.2) is 46.2 Å². The number of fused-ring (bicyclic) bond motifs is 2. The summed E-state index contributed by atoms with van der Waals surface area (Å²) in [4.78, 5) is 53.3. The number of rotatable bonds is 8. The van der Waals surface area contributed by atoms with E-state index in [2.05, 4.69) is 5.32 Å². The van der Waals surface area contributed by atoms with Gasteiger partial charge in [-0.25, -0.2) is 0 Å². The van der Waals surface area contributed by atoms with Crippen LogP contribution in [0.3, 0.4) is 0 Å². The Morgan fingerprint density at radius 1 is 0.950 bits per heavy atom. The summed E-state index contributed by atoms with van der Waals surface area (Å²) in [5.41, 5.74) is 4.28. The molecule has 0 atom stereocenters. The number of hydrogen-bond acceptors (Lipinski definition) is 5. The minimum atomic E-state index is -0.667. The lowest BCUT2D eigenvalue weighted by Crippen LogP contribution is -2.40. The molecule has 0 aliphatic carbocycles. The van der Waals surface area contributed by atoms with E-state index in [9.17, 15) is 19.2 Å². The number of ketones is 1. The van der Waals surface area contributed by atoms with Crippen LogP contribution in [0.15, 0.2) is 85.1 Å². The van der Waals surface area contributed by atoms with Gasteiger partial charge in [-0.3, -0.25) is 19.2 Å². The quantitative estimate of drug-likeness (QED) is 0.154. The fraction of sp³-hybridized carbons (Fsp3) is 0.188. The fourth-order valence-electron chi connectivity index (χ4n) is 4.88. The van der Waals surface area contributed by atoms with Gasteiger partial charge in [0.1, 0.15) is 6.54 Å². The van der Waals surface area contributed by atoms with Crippen LogP contribution < -0.4 is 5.32 Å². The smallest absolute Gasteiger partial charge is 0.325 e. The summed E-state index contributed by atoms with van der Waals surface area (Å²) < 4.78 is 6.69. The Kier molecular flexibility index (Phi) is 7.87. The van der Waals surface area contributed by atoms with Gasteiger partial charge < -0.3 is 19.5 Å². The lowest BCUT2D eigenvalue weighted by molar-refractivity contribution is -0.143. The summed E-state index contributed by atoms with van der Waals surface area (Å²) >= 11 is 0. The molecular formula is C32H29N3O5. The van der Waals surface area contributed by atoms with E-state index in [1.165, 1.54) is 17.8 Å². The average molecular weight is 536 g/mol.